The molecule has 0 aromatic heterocycles. The quantitative estimate of drug-likeness (QED) is 0.416. The van der Waals surface area contributed by atoms with Gasteiger partial charge in [0.2, 0.25) is 0 Å². The van der Waals surface area contributed by atoms with Crippen LogP contribution in [0.3, 0.4) is 0 Å². The van der Waals surface area contributed by atoms with Crippen molar-refractivity contribution in [1.82, 2.24) is 15.5 Å². The maximum absolute atomic E-state index is 4.42. The van der Waals surface area contributed by atoms with Gasteiger partial charge in [-0.2, -0.15) is 0 Å². The fraction of sp³-hybridized carbons (Fsp3) is 0.941. The molecule has 2 unspecified atom stereocenters. The number of halogens is 1. The third-order valence-corrected chi connectivity index (χ3v) is 5.41. The molecule has 22 heavy (non-hydrogen) atoms. The maximum atomic E-state index is 4.42. The summed E-state index contributed by atoms with van der Waals surface area (Å²) in [5.74, 6) is 1.65. The molecule has 2 N–H and O–H groups in total. The molecule has 1 saturated carbocycles. The predicted molar refractivity (Wildman–Crippen MR) is 106 cm³/mol. The Balaban J connectivity index is 0.00000242. The standard InChI is InChI=1S/C17H34N4.HI/c1-13(2)21-10-14(3)15(11-21)20-16(18-5)19-12-17(4)8-6-7-9-17;/h13-15H,6-12H2,1-5H3,(H2,18,19,20);1H. The van der Waals surface area contributed by atoms with Crippen LogP contribution < -0.4 is 10.6 Å². The fourth-order valence-electron chi connectivity index (χ4n) is 3.69. The second kappa shape index (κ2) is 8.71. The molecule has 2 aliphatic rings. The second-order valence-corrected chi connectivity index (χ2v) is 7.72. The molecule has 2 atom stereocenters. The third-order valence-electron chi connectivity index (χ3n) is 5.41. The maximum Gasteiger partial charge on any atom is 0.191 e. The Morgan fingerprint density at radius 2 is 1.91 bits per heavy atom. The number of hydrogen-bond donors (Lipinski definition) is 2. The van der Waals surface area contributed by atoms with Crippen molar-refractivity contribution >= 4 is 29.9 Å². The molecule has 4 nitrogen and oxygen atoms in total. The molecular formula is C17H35IN4. The number of guanidine groups is 1. The van der Waals surface area contributed by atoms with Crippen LogP contribution in [0.2, 0.25) is 0 Å². The van der Waals surface area contributed by atoms with E-state index >= 15 is 0 Å². The van der Waals surface area contributed by atoms with Gasteiger partial charge in [-0.3, -0.25) is 9.89 Å². The molecule has 0 spiro atoms. The molecule has 130 valence electrons. The molecule has 2 rings (SSSR count). The van der Waals surface area contributed by atoms with Gasteiger partial charge in [-0.05, 0) is 38.0 Å². The summed E-state index contributed by atoms with van der Waals surface area (Å²) in [4.78, 5) is 6.97. The van der Waals surface area contributed by atoms with E-state index in [-0.39, 0.29) is 24.0 Å². The Labute approximate surface area is 153 Å². The van der Waals surface area contributed by atoms with E-state index in [0.717, 1.165) is 19.0 Å². The lowest BCUT2D eigenvalue weighted by Gasteiger charge is -2.27. The smallest absolute Gasteiger partial charge is 0.191 e. The van der Waals surface area contributed by atoms with E-state index in [4.69, 9.17) is 0 Å². The number of rotatable bonds is 4. The number of aliphatic imine (C=N–C) groups is 1. The molecule has 0 radical (unpaired) electrons. The number of nitrogens with zero attached hydrogens (tertiary/aromatic N) is 2. The lowest BCUT2D eigenvalue weighted by atomic mass is 9.89. The van der Waals surface area contributed by atoms with Crippen LogP contribution in [0, 0.1) is 11.3 Å². The topological polar surface area (TPSA) is 39.7 Å². The SMILES string of the molecule is CN=C(NCC1(C)CCCC1)NC1CN(C(C)C)CC1C.I. The largest absolute Gasteiger partial charge is 0.356 e. The first-order valence-corrected chi connectivity index (χ1v) is 8.65. The van der Waals surface area contributed by atoms with Crippen molar-refractivity contribution in [2.24, 2.45) is 16.3 Å². The van der Waals surface area contributed by atoms with E-state index in [2.05, 4.69) is 48.2 Å². The number of likely N-dealkylation sites (tertiary alicyclic amines) is 1. The van der Waals surface area contributed by atoms with Crippen LogP contribution in [0.1, 0.15) is 53.4 Å². The van der Waals surface area contributed by atoms with Gasteiger partial charge >= 0.3 is 0 Å². The van der Waals surface area contributed by atoms with Gasteiger partial charge in [-0.1, -0.05) is 26.7 Å². The lowest BCUT2D eigenvalue weighted by molar-refractivity contribution is 0.265. The molecule has 1 saturated heterocycles. The first kappa shape index (κ1) is 20.0. The highest BCUT2D eigenvalue weighted by molar-refractivity contribution is 14.0. The summed E-state index contributed by atoms with van der Waals surface area (Å²) in [5.41, 5.74) is 0.461. The van der Waals surface area contributed by atoms with Crippen LogP contribution in [0.25, 0.3) is 0 Å². The summed E-state index contributed by atoms with van der Waals surface area (Å²) in [6, 6.07) is 1.14. The Morgan fingerprint density at radius 3 is 2.41 bits per heavy atom. The molecule has 0 aromatic rings. The van der Waals surface area contributed by atoms with Crippen molar-refractivity contribution in [3.63, 3.8) is 0 Å². The van der Waals surface area contributed by atoms with Gasteiger partial charge in [0.05, 0.1) is 0 Å². The number of hydrogen-bond acceptors (Lipinski definition) is 2. The van der Waals surface area contributed by atoms with Gasteiger partial charge in [0.25, 0.3) is 0 Å². The van der Waals surface area contributed by atoms with Crippen LogP contribution in [0.4, 0.5) is 0 Å². The second-order valence-electron chi connectivity index (χ2n) is 7.72. The van der Waals surface area contributed by atoms with Crippen LogP contribution in [-0.2, 0) is 0 Å². The van der Waals surface area contributed by atoms with E-state index in [1.807, 2.05) is 7.05 Å². The van der Waals surface area contributed by atoms with Crippen LogP contribution >= 0.6 is 24.0 Å². The van der Waals surface area contributed by atoms with E-state index in [0.29, 0.717) is 23.4 Å². The first-order chi connectivity index (χ1) is 9.93. The van der Waals surface area contributed by atoms with Gasteiger partial charge < -0.3 is 10.6 Å². The summed E-state index contributed by atoms with van der Waals surface area (Å²) in [6.45, 7) is 12.7. The molecule has 5 heteroatoms. The average Bonchev–Trinajstić information content (AvgIpc) is 3.02. The Morgan fingerprint density at radius 1 is 1.27 bits per heavy atom. The van der Waals surface area contributed by atoms with E-state index in [9.17, 15) is 0 Å². The molecule has 1 aliphatic heterocycles. The zero-order valence-corrected chi connectivity index (χ0v) is 17.3. The van der Waals surface area contributed by atoms with Crippen LogP contribution in [0.5, 0.6) is 0 Å². The van der Waals surface area contributed by atoms with Crippen molar-refractivity contribution in [2.75, 3.05) is 26.7 Å². The molecular weight excluding hydrogens is 387 g/mol. The molecule has 0 bridgehead atoms. The molecule has 0 amide bonds. The third kappa shape index (κ3) is 5.25. The Bertz CT molecular complexity index is 364. The lowest BCUT2D eigenvalue weighted by Crippen LogP contribution is -2.48. The van der Waals surface area contributed by atoms with E-state index < -0.39 is 0 Å². The number of nitrogens with one attached hydrogen (secondary N) is 2. The van der Waals surface area contributed by atoms with Crippen LogP contribution in [-0.4, -0.2) is 49.6 Å². The van der Waals surface area contributed by atoms with Gasteiger partial charge in [-0.25, -0.2) is 0 Å². The zero-order valence-electron chi connectivity index (χ0n) is 15.0. The van der Waals surface area contributed by atoms with Crippen LogP contribution in [0.15, 0.2) is 4.99 Å². The highest BCUT2D eigenvalue weighted by Crippen LogP contribution is 2.36. The summed E-state index contributed by atoms with van der Waals surface area (Å²) in [5, 5.41) is 7.20. The Kier molecular flexibility index (Phi) is 7.92. The van der Waals surface area contributed by atoms with Gasteiger partial charge in [0, 0.05) is 38.8 Å². The summed E-state index contributed by atoms with van der Waals surface area (Å²) >= 11 is 0. The zero-order chi connectivity index (χ0) is 15.5. The van der Waals surface area contributed by atoms with Gasteiger partial charge in [0.1, 0.15) is 0 Å². The van der Waals surface area contributed by atoms with Crippen molar-refractivity contribution in [1.29, 1.82) is 0 Å². The molecule has 1 heterocycles. The average molecular weight is 422 g/mol. The van der Waals surface area contributed by atoms with Gasteiger partial charge in [0.15, 0.2) is 5.96 Å². The highest BCUT2D eigenvalue weighted by atomic mass is 127. The highest BCUT2D eigenvalue weighted by Gasteiger charge is 2.32. The minimum absolute atomic E-state index is 0. The summed E-state index contributed by atoms with van der Waals surface area (Å²) in [7, 11) is 1.88. The van der Waals surface area contributed by atoms with Gasteiger partial charge in [-0.15, -0.1) is 24.0 Å². The van der Waals surface area contributed by atoms with Crippen molar-refractivity contribution in [2.45, 2.75) is 65.5 Å². The summed E-state index contributed by atoms with van der Waals surface area (Å²) in [6.07, 6.45) is 5.45. The Hall–Kier alpha value is -0.0400. The first-order valence-electron chi connectivity index (χ1n) is 8.65. The minimum atomic E-state index is 0. The van der Waals surface area contributed by atoms with E-state index in [1.54, 1.807) is 0 Å². The van der Waals surface area contributed by atoms with E-state index in [1.165, 1.54) is 32.2 Å². The van der Waals surface area contributed by atoms with Crippen molar-refractivity contribution in [3.8, 4) is 0 Å². The summed E-state index contributed by atoms with van der Waals surface area (Å²) < 4.78 is 0. The monoisotopic (exact) mass is 422 g/mol. The molecule has 0 aromatic carbocycles. The normalized spacial score (nSPS) is 28.7. The fourth-order valence-corrected chi connectivity index (χ4v) is 3.69. The molecule has 1 aliphatic carbocycles. The van der Waals surface area contributed by atoms with Crippen molar-refractivity contribution < 1.29 is 0 Å². The van der Waals surface area contributed by atoms with Crippen molar-refractivity contribution in [3.05, 3.63) is 0 Å². The molecule has 2 fully saturated rings. The minimum Gasteiger partial charge on any atom is -0.356 e. The predicted octanol–water partition coefficient (Wildman–Crippen LogP) is 3.08.